The van der Waals surface area contributed by atoms with E-state index in [1.165, 1.54) is 23.5 Å². The molecule has 0 aliphatic rings. The van der Waals surface area contributed by atoms with Gasteiger partial charge in [-0.3, -0.25) is 0 Å². The van der Waals surface area contributed by atoms with Gasteiger partial charge in [0.15, 0.2) is 6.61 Å². The molecular weight excluding hydrogens is 382 g/mol. The maximum absolute atomic E-state index is 11.9. The van der Waals surface area contributed by atoms with Crippen LogP contribution >= 0.6 is 27.3 Å². The fourth-order valence-electron chi connectivity index (χ4n) is 1.73. The molecule has 6 nitrogen and oxygen atoms in total. The van der Waals surface area contributed by atoms with Gasteiger partial charge in [-0.2, -0.15) is 5.26 Å². The van der Waals surface area contributed by atoms with Crippen LogP contribution in [-0.4, -0.2) is 16.2 Å². The van der Waals surface area contributed by atoms with E-state index in [2.05, 4.69) is 26.1 Å². The number of nitriles is 1. The van der Waals surface area contributed by atoms with Crippen molar-refractivity contribution >= 4 is 33.2 Å². The monoisotopic (exact) mass is 389 g/mol. The van der Waals surface area contributed by atoms with E-state index in [9.17, 15) is 4.79 Å². The number of carbonyl (C=O) groups is 1. The van der Waals surface area contributed by atoms with Gasteiger partial charge in [0.2, 0.25) is 0 Å². The summed E-state index contributed by atoms with van der Waals surface area (Å²) in [5.41, 5.74) is 0.830. The van der Waals surface area contributed by atoms with Gasteiger partial charge < -0.3 is 9.15 Å². The van der Waals surface area contributed by atoms with E-state index in [4.69, 9.17) is 14.4 Å². The average molecular weight is 390 g/mol. The quantitative estimate of drug-likeness (QED) is 0.630. The Morgan fingerprint density at radius 2 is 2.04 bits per heavy atom. The van der Waals surface area contributed by atoms with Crippen molar-refractivity contribution in [1.29, 1.82) is 5.26 Å². The zero-order valence-electron chi connectivity index (χ0n) is 11.5. The first kappa shape index (κ1) is 15.4. The van der Waals surface area contributed by atoms with Crippen molar-refractivity contribution in [3.63, 3.8) is 0 Å². The lowest BCUT2D eigenvalue weighted by Crippen LogP contribution is -2.05. The standard InChI is InChI=1S/C15H8BrN3O3S/c16-12-6-5-11(23-12)14-19-18-13(22-14)8-21-15(20)10-3-1-9(7-17)2-4-10/h1-6H,8H2. The third-order valence-corrected chi connectivity index (χ3v) is 4.44. The Morgan fingerprint density at radius 3 is 2.70 bits per heavy atom. The number of thiophene rings is 1. The van der Waals surface area contributed by atoms with Crippen LogP contribution in [0.15, 0.2) is 44.6 Å². The number of aromatic nitrogens is 2. The molecule has 1 aromatic carbocycles. The van der Waals surface area contributed by atoms with Crippen LogP contribution in [0.5, 0.6) is 0 Å². The summed E-state index contributed by atoms with van der Waals surface area (Å²) in [6, 6.07) is 11.9. The van der Waals surface area contributed by atoms with E-state index < -0.39 is 5.97 Å². The molecular formula is C15H8BrN3O3S. The lowest BCUT2D eigenvalue weighted by molar-refractivity contribution is 0.0438. The molecule has 0 saturated carbocycles. The molecule has 0 N–H and O–H groups in total. The maximum Gasteiger partial charge on any atom is 0.338 e. The first-order valence-corrected chi connectivity index (χ1v) is 8.02. The van der Waals surface area contributed by atoms with Crippen molar-refractivity contribution < 1.29 is 13.9 Å². The molecule has 3 rings (SSSR count). The van der Waals surface area contributed by atoms with Gasteiger partial charge in [-0.25, -0.2) is 4.79 Å². The lowest BCUT2D eigenvalue weighted by Gasteiger charge is -2.01. The molecule has 8 heteroatoms. The van der Waals surface area contributed by atoms with Gasteiger partial charge in [0, 0.05) is 0 Å². The Balaban J connectivity index is 1.63. The first-order chi connectivity index (χ1) is 11.2. The van der Waals surface area contributed by atoms with Gasteiger partial charge in [0.1, 0.15) is 0 Å². The Morgan fingerprint density at radius 1 is 1.26 bits per heavy atom. The van der Waals surface area contributed by atoms with Crippen molar-refractivity contribution in [3.8, 4) is 16.8 Å². The summed E-state index contributed by atoms with van der Waals surface area (Å²) < 4.78 is 11.5. The van der Waals surface area contributed by atoms with Crippen LogP contribution in [0, 0.1) is 11.3 Å². The van der Waals surface area contributed by atoms with Gasteiger partial charge in [0.05, 0.1) is 25.9 Å². The molecule has 114 valence electrons. The second-order valence-electron chi connectivity index (χ2n) is 4.37. The molecule has 0 saturated heterocycles. The summed E-state index contributed by atoms with van der Waals surface area (Å²) >= 11 is 4.83. The highest BCUT2D eigenvalue weighted by Crippen LogP contribution is 2.30. The molecule has 3 aromatic rings. The van der Waals surface area contributed by atoms with Crippen LogP contribution in [-0.2, 0) is 11.3 Å². The summed E-state index contributed by atoms with van der Waals surface area (Å²) in [6.45, 7) is -0.113. The third kappa shape index (κ3) is 3.64. The summed E-state index contributed by atoms with van der Waals surface area (Å²) in [7, 11) is 0. The molecule has 0 radical (unpaired) electrons. The zero-order chi connectivity index (χ0) is 16.2. The molecule has 23 heavy (non-hydrogen) atoms. The number of carbonyl (C=O) groups excluding carboxylic acids is 1. The second kappa shape index (κ2) is 6.73. The summed E-state index contributed by atoms with van der Waals surface area (Å²) in [4.78, 5) is 12.7. The van der Waals surface area contributed by atoms with Crippen molar-refractivity contribution in [2.24, 2.45) is 0 Å². The van der Waals surface area contributed by atoms with E-state index in [0.29, 0.717) is 17.0 Å². The maximum atomic E-state index is 11.9. The highest BCUT2D eigenvalue weighted by Gasteiger charge is 2.13. The predicted molar refractivity (Wildman–Crippen MR) is 85.6 cm³/mol. The number of rotatable bonds is 4. The van der Waals surface area contributed by atoms with Crippen molar-refractivity contribution in [2.45, 2.75) is 6.61 Å². The number of ether oxygens (including phenoxy) is 1. The van der Waals surface area contributed by atoms with Crippen LogP contribution in [0.1, 0.15) is 21.8 Å². The topological polar surface area (TPSA) is 89.0 Å². The Labute approximate surface area is 143 Å². The fourth-order valence-corrected chi connectivity index (χ4v) is 3.04. The number of benzene rings is 1. The first-order valence-electron chi connectivity index (χ1n) is 6.41. The minimum absolute atomic E-state index is 0.113. The van der Waals surface area contributed by atoms with E-state index in [0.717, 1.165) is 8.66 Å². The minimum atomic E-state index is -0.520. The van der Waals surface area contributed by atoms with Crippen LogP contribution < -0.4 is 0 Å². The molecule has 0 bridgehead atoms. The molecule has 2 aromatic heterocycles. The van der Waals surface area contributed by atoms with Gasteiger partial charge in [0.25, 0.3) is 11.8 Å². The van der Waals surface area contributed by atoms with Crippen LogP contribution in [0.4, 0.5) is 0 Å². The highest BCUT2D eigenvalue weighted by molar-refractivity contribution is 9.11. The summed E-state index contributed by atoms with van der Waals surface area (Å²) in [5.74, 6) is 0.0738. The van der Waals surface area contributed by atoms with E-state index in [1.807, 2.05) is 18.2 Å². The average Bonchev–Trinajstić information content (AvgIpc) is 3.21. The SMILES string of the molecule is N#Cc1ccc(C(=O)OCc2nnc(-c3ccc(Br)s3)o2)cc1. The number of halogens is 1. The van der Waals surface area contributed by atoms with Gasteiger partial charge in [-0.1, -0.05) is 0 Å². The smallest absolute Gasteiger partial charge is 0.338 e. The van der Waals surface area contributed by atoms with E-state index in [1.54, 1.807) is 12.1 Å². The summed E-state index contributed by atoms with van der Waals surface area (Å²) in [5, 5.41) is 16.5. The Hall–Kier alpha value is -2.50. The molecule has 2 heterocycles. The number of nitrogens with zero attached hydrogens (tertiary/aromatic N) is 3. The number of hydrogen-bond donors (Lipinski definition) is 0. The Bertz CT molecular complexity index is 880. The molecule has 0 aliphatic heterocycles. The zero-order valence-corrected chi connectivity index (χ0v) is 13.9. The fraction of sp³-hybridized carbons (Fsp3) is 0.0667. The van der Waals surface area contributed by atoms with Gasteiger partial charge in [-0.15, -0.1) is 21.5 Å². The van der Waals surface area contributed by atoms with Crippen molar-refractivity contribution in [2.75, 3.05) is 0 Å². The van der Waals surface area contributed by atoms with Crippen molar-refractivity contribution in [3.05, 3.63) is 57.2 Å². The molecule has 0 fully saturated rings. The van der Waals surface area contributed by atoms with Gasteiger partial charge >= 0.3 is 5.97 Å². The van der Waals surface area contributed by atoms with Crippen LogP contribution in [0.2, 0.25) is 0 Å². The van der Waals surface area contributed by atoms with E-state index >= 15 is 0 Å². The second-order valence-corrected chi connectivity index (χ2v) is 6.83. The molecule has 0 unspecified atom stereocenters. The number of hydrogen-bond acceptors (Lipinski definition) is 7. The lowest BCUT2D eigenvalue weighted by atomic mass is 10.1. The molecule has 0 spiro atoms. The molecule has 0 atom stereocenters. The predicted octanol–water partition coefficient (Wildman–Crippen LogP) is 3.79. The van der Waals surface area contributed by atoms with Gasteiger partial charge in [-0.05, 0) is 52.3 Å². The highest BCUT2D eigenvalue weighted by atomic mass is 79.9. The molecule has 0 amide bonds. The Kier molecular flexibility index (Phi) is 4.50. The van der Waals surface area contributed by atoms with Crippen LogP contribution in [0.25, 0.3) is 10.8 Å². The minimum Gasteiger partial charge on any atom is -0.452 e. The largest absolute Gasteiger partial charge is 0.452 e. The van der Waals surface area contributed by atoms with E-state index in [-0.39, 0.29) is 12.5 Å². The molecule has 0 aliphatic carbocycles. The van der Waals surface area contributed by atoms with Crippen molar-refractivity contribution in [1.82, 2.24) is 10.2 Å². The van der Waals surface area contributed by atoms with Crippen LogP contribution in [0.3, 0.4) is 0 Å². The third-order valence-electron chi connectivity index (χ3n) is 2.83. The normalized spacial score (nSPS) is 10.3. The summed E-state index contributed by atoms with van der Waals surface area (Å²) in [6.07, 6.45) is 0. The number of esters is 1.